The molecular formula is C48H25N3OS. The van der Waals surface area contributed by atoms with Crippen LogP contribution in [0.1, 0.15) is 0 Å². The first-order chi connectivity index (χ1) is 26.3. The Morgan fingerprint density at radius 2 is 1.13 bits per heavy atom. The van der Waals surface area contributed by atoms with Crippen LogP contribution in [0.3, 0.4) is 0 Å². The van der Waals surface area contributed by atoms with Crippen LogP contribution in [0, 0.1) is 0 Å². The molecule has 4 heterocycles. The Morgan fingerprint density at radius 3 is 2.02 bits per heavy atom. The third kappa shape index (κ3) is 3.59. The van der Waals surface area contributed by atoms with Crippen molar-refractivity contribution >= 4 is 118 Å². The van der Waals surface area contributed by atoms with E-state index in [4.69, 9.17) is 14.4 Å². The number of rotatable bonds is 2. The zero-order valence-electron chi connectivity index (χ0n) is 28.1. The van der Waals surface area contributed by atoms with Crippen LogP contribution in [-0.4, -0.2) is 14.5 Å². The van der Waals surface area contributed by atoms with Gasteiger partial charge in [-0.1, -0.05) is 97.1 Å². The van der Waals surface area contributed by atoms with Gasteiger partial charge in [0.25, 0.3) is 0 Å². The molecule has 244 valence electrons. The van der Waals surface area contributed by atoms with Crippen molar-refractivity contribution in [2.45, 2.75) is 0 Å². The molecule has 4 aromatic heterocycles. The quantitative estimate of drug-likeness (QED) is 0.170. The minimum absolute atomic E-state index is 0.656. The summed E-state index contributed by atoms with van der Waals surface area (Å²) in [7, 11) is 0. The van der Waals surface area contributed by atoms with E-state index in [0.29, 0.717) is 5.95 Å². The molecular weight excluding hydrogens is 667 g/mol. The lowest BCUT2D eigenvalue weighted by Gasteiger charge is -2.14. The fraction of sp³-hybridized carbons (Fsp3) is 0. The smallest absolute Gasteiger partial charge is 0.235 e. The molecule has 0 aliphatic heterocycles. The van der Waals surface area contributed by atoms with Gasteiger partial charge in [-0.2, -0.15) is 0 Å². The number of nitrogens with zero attached hydrogens (tertiary/aromatic N) is 3. The summed E-state index contributed by atoms with van der Waals surface area (Å²) in [6, 6.07) is 54.5. The SMILES string of the molecule is c1ccc2c(c1)ccc1nc(-n3c4cccc5c6ccccc6c6cccc7sc8ccc3c(c8c76)c54)nc(-c3ccc4oc5ccccc5c4c3)c12. The lowest BCUT2D eigenvalue weighted by Crippen LogP contribution is -2.03. The van der Waals surface area contributed by atoms with Gasteiger partial charge in [-0.3, -0.25) is 4.57 Å². The number of thiophene rings is 1. The first kappa shape index (κ1) is 27.8. The van der Waals surface area contributed by atoms with Crippen molar-refractivity contribution in [2.75, 3.05) is 0 Å². The average Bonchev–Trinajstić information content (AvgIpc) is 3.89. The number of furan rings is 1. The second-order valence-corrected chi connectivity index (χ2v) is 15.1. The van der Waals surface area contributed by atoms with Gasteiger partial charge in [0.2, 0.25) is 5.95 Å². The van der Waals surface area contributed by atoms with Crippen LogP contribution in [0.25, 0.3) is 124 Å². The Hall–Kier alpha value is -6.82. The summed E-state index contributed by atoms with van der Waals surface area (Å²) in [5.41, 5.74) is 6.79. The number of benzene rings is 8. The topological polar surface area (TPSA) is 43.9 Å². The van der Waals surface area contributed by atoms with Gasteiger partial charge in [0.1, 0.15) is 11.2 Å². The van der Waals surface area contributed by atoms with Gasteiger partial charge in [0.15, 0.2) is 0 Å². The summed E-state index contributed by atoms with van der Waals surface area (Å²) in [5, 5.41) is 15.7. The molecule has 0 atom stereocenters. The fourth-order valence-corrected chi connectivity index (χ4v) is 10.3. The number of fused-ring (bicyclic) bond motifs is 9. The Kier molecular flexibility index (Phi) is 5.22. The molecule has 0 bridgehead atoms. The molecule has 13 rings (SSSR count). The average molecular weight is 692 g/mol. The molecule has 0 aliphatic rings. The maximum absolute atomic E-state index is 6.25. The van der Waals surface area contributed by atoms with Crippen LogP contribution >= 0.6 is 11.3 Å². The molecule has 0 N–H and O–H groups in total. The van der Waals surface area contributed by atoms with Crippen molar-refractivity contribution in [3.63, 3.8) is 0 Å². The molecule has 5 heteroatoms. The second-order valence-electron chi connectivity index (χ2n) is 14.1. The summed E-state index contributed by atoms with van der Waals surface area (Å²) < 4.78 is 11.2. The highest BCUT2D eigenvalue weighted by molar-refractivity contribution is 7.26. The zero-order valence-corrected chi connectivity index (χ0v) is 28.9. The Balaban J connectivity index is 1.22. The summed E-state index contributed by atoms with van der Waals surface area (Å²) in [5.74, 6) is 0.656. The maximum atomic E-state index is 6.25. The minimum atomic E-state index is 0.656. The van der Waals surface area contributed by atoms with Crippen LogP contribution in [0.5, 0.6) is 0 Å². The van der Waals surface area contributed by atoms with Gasteiger partial charge in [-0.05, 0) is 86.9 Å². The summed E-state index contributed by atoms with van der Waals surface area (Å²) in [6.07, 6.45) is 0. The van der Waals surface area contributed by atoms with Crippen LogP contribution in [0.15, 0.2) is 156 Å². The third-order valence-corrected chi connectivity index (χ3v) is 12.5. The van der Waals surface area contributed by atoms with Gasteiger partial charge in [0.05, 0.1) is 22.2 Å². The number of para-hydroxylation sites is 1. The number of hydrogen-bond acceptors (Lipinski definition) is 4. The van der Waals surface area contributed by atoms with E-state index in [9.17, 15) is 0 Å². The molecule has 0 fully saturated rings. The van der Waals surface area contributed by atoms with Crippen molar-refractivity contribution in [2.24, 2.45) is 0 Å². The van der Waals surface area contributed by atoms with Crippen molar-refractivity contribution in [1.29, 1.82) is 0 Å². The monoisotopic (exact) mass is 691 g/mol. The molecule has 0 aliphatic carbocycles. The van der Waals surface area contributed by atoms with E-state index in [0.717, 1.165) is 65.9 Å². The van der Waals surface area contributed by atoms with E-state index in [-0.39, 0.29) is 0 Å². The molecule has 53 heavy (non-hydrogen) atoms. The van der Waals surface area contributed by atoms with Crippen LogP contribution < -0.4 is 0 Å². The van der Waals surface area contributed by atoms with Gasteiger partial charge < -0.3 is 4.42 Å². The Bertz CT molecular complexity index is 3700. The standard InChI is InChI=1S/C48H25N3OS/c1-2-10-28-26(9-1)19-21-35-42(28)47(27-20-23-39-34(25-27)31-13-5-6-17-38(31)52-39)50-48(49-35)51-36-16-7-14-32-29-11-3-4-12-30(29)33-15-8-18-40-44(33)46-41(53-40)24-22-37(51)45(46)43(32)36/h1-25H. The predicted octanol–water partition coefficient (Wildman–Crippen LogP) is 13.6. The molecule has 0 radical (unpaired) electrons. The summed E-state index contributed by atoms with van der Waals surface area (Å²) in [4.78, 5) is 11.0. The summed E-state index contributed by atoms with van der Waals surface area (Å²) in [6.45, 7) is 0. The molecule has 4 nitrogen and oxygen atoms in total. The van der Waals surface area contributed by atoms with E-state index in [1.165, 1.54) is 52.5 Å². The van der Waals surface area contributed by atoms with E-state index in [1.54, 1.807) is 0 Å². The van der Waals surface area contributed by atoms with E-state index in [2.05, 4.69) is 144 Å². The zero-order chi connectivity index (χ0) is 34.4. The normalized spacial score (nSPS) is 12.5. The maximum Gasteiger partial charge on any atom is 0.235 e. The highest BCUT2D eigenvalue weighted by Gasteiger charge is 2.24. The van der Waals surface area contributed by atoms with Gasteiger partial charge >= 0.3 is 0 Å². The highest BCUT2D eigenvalue weighted by atomic mass is 32.1. The number of hydrogen-bond donors (Lipinski definition) is 0. The van der Waals surface area contributed by atoms with Gasteiger partial charge in [0, 0.05) is 52.7 Å². The lowest BCUT2D eigenvalue weighted by molar-refractivity contribution is 0.669. The molecule has 0 amide bonds. The minimum Gasteiger partial charge on any atom is -0.456 e. The predicted molar refractivity (Wildman–Crippen MR) is 223 cm³/mol. The van der Waals surface area contributed by atoms with Gasteiger partial charge in [-0.25, -0.2) is 9.97 Å². The molecule has 0 spiro atoms. The van der Waals surface area contributed by atoms with E-state index >= 15 is 0 Å². The third-order valence-electron chi connectivity index (χ3n) is 11.3. The van der Waals surface area contributed by atoms with E-state index < -0.39 is 0 Å². The number of aromatic nitrogens is 3. The second kappa shape index (κ2) is 9.94. The molecule has 13 aromatic rings. The molecule has 0 saturated heterocycles. The first-order valence-corrected chi connectivity index (χ1v) is 18.7. The Morgan fingerprint density at radius 1 is 0.434 bits per heavy atom. The van der Waals surface area contributed by atoms with E-state index in [1.807, 2.05) is 23.5 Å². The van der Waals surface area contributed by atoms with Crippen LogP contribution in [0.4, 0.5) is 0 Å². The van der Waals surface area contributed by atoms with Gasteiger partial charge in [-0.15, -0.1) is 11.3 Å². The Labute approximate surface area is 305 Å². The summed E-state index contributed by atoms with van der Waals surface area (Å²) >= 11 is 1.87. The first-order valence-electron chi connectivity index (χ1n) is 17.9. The fourth-order valence-electron chi connectivity index (χ4n) is 9.15. The molecule has 9 aromatic carbocycles. The lowest BCUT2D eigenvalue weighted by atomic mass is 9.95. The van der Waals surface area contributed by atoms with Crippen LogP contribution in [0.2, 0.25) is 0 Å². The van der Waals surface area contributed by atoms with Crippen molar-refractivity contribution in [3.8, 4) is 17.2 Å². The van der Waals surface area contributed by atoms with Crippen molar-refractivity contribution < 1.29 is 4.42 Å². The molecule has 0 saturated carbocycles. The largest absolute Gasteiger partial charge is 0.456 e. The van der Waals surface area contributed by atoms with Crippen molar-refractivity contribution in [1.82, 2.24) is 14.5 Å². The molecule has 0 unspecified atom stereocenters. The van der Waals surface area contributed by atoms with Crippen molar-refractivity contribution in [3.05, 3.63) is 152 Å². The highest BCUT2D eigenvalue weighted by Crippen LogP contribution is 2.48. The van der Waals surface area contributed by atoms with Crippen LogP contribution in [-0.2, 0) is 0 Å².